The molecule has 1 unspecified atom stereocenters. The van der Waals surface area contributed by atoms with E-state index < -0.39 is 16.1 Å². The summed E-state index contributed by atoms with van der Waals surface area (Å²) < 4.78 is 27.7. The fourth-order valence-electron chi connectivity index (χ4n) is 3.19. The molecule has 5 nitrogen and oxygen atoms in total. The summed E-state index contributed by atoms with van der Waals surface area (Å²) in [6, 6.07) is 11.9. The van der Waals surface area contributed by atoms with Crippen molar-refractivity contribution in [3.8, 4) is 0 Å². The summed E-state index contributed by atoms with van der Waals surface area (Å²) in [6.45, 7) is 6.30. The predicted octanol–water partition coefficient (Wildman–Crippen LogP) is 2.70. The van der Waals surface area contributed by atoms with Crippen LogP contribution < -0.4 is 9.62 Å². The summed E-state index contributed by atoms with van der Waals surface area (Å²) in [5.41, 5.74) is 3.83. The third-order valence-corrected chi connectivity index (χ3v) is 5.79. The highest BCUT2D eigenvalue weighted by molar-refractivity contribution is 7.89. The van der Waals surface area contributed by atoms with Crippen LogP contribution in [0.5, 0.6) is 0 Å². The number of amides is 1. The molecule has 25 heavy (non-hydrogen) atoms. The van der Waals surface area contributed by atoms with Gasteiger partial charge >= 0.3 is 0 Å². The van der Waals surface area contributed by atoms with E-state index in [2.05, 4.69) is 4.72 Å². The van der Waals surface area contributed by atoms with Crippen LogP contribution in [0.3, 0.4) is 0 Å². The van der Waals surface area contributed by atoms with Crippen molar-refractivity contribution in [3.63, 3.8) is 0 Å². The van der Waals surface area contributed by atoms with E-state index in [1.54, 1.807) is 17.0 Å². The monoisotopic (exact) mass is 358 g/mol. The highest BCUT2D eigenvalue weighted by Gasteiger charge is 2.35. The number of hydrogen-bond donors (Lipinski definition) is 1. The maximum Gasteiger partial charge on any atom is 0.245 e. The molecule has 6 heteroatoms. The molecule has 1 atom stereocenters. The number of carbonyl (C=O) groups excluding carboxylic acids is 1. The van der Waals surface area contributed by atoms with Crippen molar-refractivity contribution in [2.75, 3.05) is 11.4 Å². The van der Waals surface area contributed by atoms with Gasteiger partial charge in [-0.3, -0.25) is 4.79 Å². The van der Waals surface area contributed by atoms with Gasteiger partial charge in [-0.15, -0.1) is 0 Å². The zero-order valence-electron chi connectivity index (χ0n) is 14.6. The van der Waals surface area contributed by atoms with Crippen LogP contribution in [-0.4, -0.2) is 26.9 Å². The van der Waals surface area contributed by atoms with Crippen molar-refractivity contribution < 1.29 is 13.2 Å². The minimum absolute atomic E-state index is 0.185. The van der Waals surface area contributed by atoms with E-state index in [-0.39, 0.29) is 10.8 Å². The molecule has 0 spiro atoms. The Morgan fingerprint density at radius 1 is 1.00 bits per heavy atom. The first-order valence-corrected chi connectivity index (χ1v) is 9.73. The number of rotatable bonds is 4. The van der Waals surface area contributed by atoms with Crippen LogP contribution in [-0.2, 0) is 14.8 Å². The second-order valence-corrected chi connectivity index (χ2v) is 8.33. The van der Waals surface area contributed by atoms with E-state index >= 15 is 0 Å². The Bertz CT molecular complexity index is 902. The molecule has 1 aliphatic rings. The number of benzene rings is 2. The molecule has 1 fully saturated rings. The van der Waals surface area contributed by atoms with Gasteiger partial charge in [0.05, 0.1) is 4.90 Å². The van der Waals surface area contributed by atoms with Gasteiger partial charge in [-0.25, -0.2) is 8.42 Å². The number of nitrogens with one attached hydrogen (secondary N) is 1. The van der Waals surface area contributed by atoms with Gasteiger partial charge < -0.3 is 4.90 Å². The summed E-state index contributed by atoms with van der Waals surface area (Å²) in [5, 5.41) is 0. The second-order valence-electron chi connectivity index (χ2n) is 6.61. The highest BCUT2D eigenvalue weighted by Crippen LogP contribution is 2.25. The lowest BCUT2D eigenvalue weighted by Crippen LogP contribution is -2.41. The smallest absolute Gasteiger partial charge is 0.245 e. The van der Waals surface area contributed by atoms with Gasteiger partial charge in [0.1, 0.15) is 6.04 Å². The standard InChI is InChI=1S/C19H22N2O3S/c1-13-5-4-6-17(12-13)25(23,24)20-18-7-8-21(19(18)22)16-10-14(2)9-15(3)11-16/h4-6,9-12,18,20H,7-8H2,1-3H3. The maximum absolute atomic E-state index is 12.7. The van der Waals surface area contributed by atoms with Crippen LogP contribution in [0.15, 0.2) is 47.4 Å². The normalized spacial score (nSPS) is 18.0. The Morgan fingerprint density at radius 3 is 2.32 bits per heavy atom. The van der Waals surface area contributed by atoms with Gasteiger partial charge in [0.15, 0.2) is 0 Å². The van der Waals surface area contributed by atoms with Crippen LogP contribution in [0.4, 0.5) is 5.69 Å². The fourth-order valence-corrected chi connectivity index (χ4v) is 4.52. The van der Waals surface area contributed by atoms with Gasteiger partial charge in [-0.1, -0.05) is 18.2 Å². The van der Waals surface area contributed by atoms with Gasteiger partial charge in [0.25, 0.3) is 0 Å². The number of nitrogens with zero attached hydrogens (tertiary/aromatic N) is 1. The molecule has 0 aromatic heterocycles. The largest absolute Gasteiger partial charge is 0.311 e. The first-order chi connectivity index (χ1) is 11.8. The molecular formula is C19H22N2O3S. The Hall–Kier alpha value is -2.18. The number of carbonyl (C=O) groups is 1. The van der Waals surface area contributed by atoms with Gasteiger partial charge in [0, 0.05) is 12.2 Å². The molecular weight excluding hydrogens is 336 g/mol. The lowest BCUT2D eigenvalue weighted by atomic mass is 10.1. The van der Waals surface area contributed by atoms with Crippen molar-refractivity contribution in [1.29, 1.82) is 0 Å². The summed E-state index contributed by atoms with van der Waals surface area (Å²) in [4.78, 5) is 14.5. The van der Waals surface area contributed by atoms with Gasteiger partial charge in [-0.05, 0) is 68.1 Å². The number of hydrogen-bond acceptors (Lipinski definition) is 3. The molecule has 1 heterocycles. The number of anilines is 1. The number of aryl methyl sites for hydroxylation is 3. The van der Waals surface area contributed by atoms with Crippen LogP contribution in [0.25, 0.3) is 0 Å². The van der Waals surface area contributed by atoms with E-state index in [1.807, 2.05) is 45.0 Å². The molecule has 1 aliphatic heterocycles. The van der Waals surface area contributed by atoms with Crippen LogP contribution in [0.1, 0.15) is 23.1 Å². The minimum Gasteiger partial charge on any atom is -0.311 e. The first kappa shape index (κ1) is 17.6. The molecule has 3 rings (SSSR count). The summed E-state index contributed by atoms with van der Waals surface area (Å²) in [7, 11) is -3.72. The zero-order chi connectivity index (χ0) is 18.2. The molecule has 1 amide bonds. The van der Waals surface area contributed by atoms with Crippen molar-refractivity contribution in [3.05, 3.63) is 59.2 Å². The molecule has 1 saturated heterocycles. The molecule has 2 aromatic carbocycles. The lowest BCUT2D eigenvalue weighted by Gasteiger charge is -2.18. The Morgan fingerprint density at radius 2 is 1.68 bits per heavy atom. The number of sulfonamides is 1. The summed E-state index contributed by atoms with van der Waals surface area (Å²) in [6.07, 6.45) is 0.455. The molecule has 0 radical (unpaired) electrons. The van der Waals surface area contributed by atoms with E-state index in [4.69, 9.17) is 0 Å². The molecule has 0 saturated carbocycles. The van der Waals surface area contributed by atoms with Crippen LogP contribution in [0, 0.1) is 20.8 Å². The minimum atomic E-state index is -3.72. The van der Waals surface area contributed by atoms with E-state index in [0.717, 1.165) is 22.4 Å². The van der Waals surface area contributed by atoms with Crippen LogP contribution in [0.2, 0.25) is 0 Å². The van der Waals surface area contributed by atoms with Crippen molar-refractivity contribution in [1.82, 2.24) is 4.72 Å². The topological polar surface area (TPSA) is 66.5 Å². The molecule has 0 aliphatic carbocycles. The molecule has 0 bridgehead atoms. The van der Waals surface area contributed by atoms with Crippen molar-refractivity contribution >= 4 is 21.6 Å². The molecule has 1 N–H and O–H groups in total. The van der Waals surface area contributed by atoms with Crippen molar-refractivity contribution in [2.24, 2.45) is 0 Å². The average Bonchev–Trinajstić information content (AvgIpc) is 2.87. The Labute approximate surface area is 148 Å². The third-order valence-electron chi connectivity index (χ3n) is 4.32. The first-order valence-electron chi connectivity index (χ1n) is 8.25. The highest BCUT2D eigenvalue weighted by atomic mass is 32.2. The van der Waals surface area contributed by atoms with E-state index in [0.29, 0.717) is 13.0 Å². The van der Waals surface area contributed by atoms with E-state index in [9.17, 15) is 13.2 Å². The summed E-state index contributed by atoms with van der Waals surface area (Å²) in [5.74, 6) is -0.207. The van der Waals surface area contributed by atoms with Crippen molar-refractivity contribution in [2.45, 2.75) is 38.1 Å². The summed E-state index contributed by atoms with van der Waals surface area (Å²) >= 11 is 0. The van der Waals surface area contributed by atoms with Gasteiger partial charge in [-0.2, -0.15) is 4.72 Å². The Kier molecular flexibility index (Phi) is 4.67. The van der Waals surface area contributed by atoms with Gasteiger partial charge in [0.2, 0.25) is 15.9 Å². The van der Waals surface area contributed by atoms with Crippen LogP contribution >= 0.6 is 0 Å². The Balaban J connectivity index is 1.80. The quantitative estimate of drug-likeness (QED) is 0.914. The maximum atomic E-state index is 12.7. The zero-order valence-corrected chi connectivity index (χ0v) is 15.4. The SMILES string of the molecule is Cc1cc(C)cc(N2CCC(NS(=O)(=O)c3cccc(C)c3)C2=O)c1. The lowest BCUT2D eigenvalue weighted by molar-refractivity contribution is -0.118. The second kappa shape index (κ2) is 6.61. The van der Waals surface area contributed by atoms with E-state index in [1.165, 1.54) is 6.07 Å². The molecule has 132 valence electrons. The third kappa shape index (κ3) is 3.75. The average molecular weight is 358 g/mol. The predicted molar refractivity (Wildman–Crippen MR) is 98.2 cm³/mol. The fraction of sp³-hybridized carbons (Fsp3) is 0.316. The molecule has 2 aromatic rings.